The van der Waals surface area contributed by atoms with E-state index in [9.17, 15) is 4.79 Å². The van der Waals surface area contributed by atoms with Gasteiger partial charge in [0.1, 0.15) is 0 Å². The molecule has 1 unspecified atom stereocenters. The monoisotopic (exact) mass is 236 g/mol. The Morgan fingerprint density at radius 1 is 1.35 bits per heavy atom. The molecule has 0 saturated carbocycles. The highest BCUT2D eigenvalue weighted by molar-refractivity contribution is 5.72. The molecule has 1 aliphatic carbocycles. The number of carbonyl (C=O) groups excluding carboxylic acids is 1. The summed E-state index contributed by atoms with van der Waals surface area (Å²) in [6.07, 6.45) is 1.76. The second kappa shape index (κ2) is 4.53. The van der Waals surface area contributed by atoms with E-state index in [0.717, 1.165) is 18.4 Å². The van der Waals surface area contributed by atoms with Gasteiger partial charge in [-0.3, -0.25) is 0 Å². The molecule has 17 heavy (non-hydrogen) atoms. The number of urea groups is 1. The molecule has 0 bridgehead atoms. The van der Waals surface area contributed by atoms with Crippen molar-refractivity contribution in [3.05, 3.63) is 23.3 Å². The first kappa shape index (κ1) is 11.6. The zero-order valence-electron chi connectivity index (χ0n) is 9.95. The molecule has 1 aliphatic rings. The normalized spacial score (nSPS) is 17.4. The van der Waals surface area contributed by atoms with Crippen LogP contribution in [0.3, 0.4) is 0 Å². The molecule has 5 heteroatoms. The molecule has 0 radical (unpaired) electrons. The van der Waals surface area contributed by atoms with E-state index in [1.165, 1.54) is 5.56 Å². The summed E-state index contributed by atoms with van der Waals surface area (Å²) in [6, 6.07) is 3.33. The number of carbonyl (C=O) groups is 1. The van der Waals surface area contributed by atoms with Crippen molar-refractivity contribution in [1.82, 2.24) is 5.32 Å². The summed E-state index contributed by atoms with van der Waals surface area (Å²) in [5.74, 6) is 1.38. The molecule has 92 valence electrons. The minimum Gasteiger partial charge on any atom is -0.493 e. The quantitative estimate of drug-likeness (QED) is 0.832. The van der Waals surface area contributed by atoms with Crippen molar-refractivity contribution in [2.45, 2.75) is 18.9 Å². The van der Waals surface area contributed by atoms with Crippen LogP contribution in [0.25, 0.3) is 0 Å². The van der Waals surface area contributed by atoms with Crippen LogP contribution in [0.5, 0.6) is 11.5 Å². The van der Waals surface area contributed by atoms with Crippen LogP contribution >= 0.6 is 0 Å². The van der Waals surface area contributed by atoms with Crippen LogP contribution in [0.2, 0.25) is 0 Å². The zero-order valence-corrected chi connectivity index (χ0v) is 9.95. The number of ether oxygens (including phenoxy) is 2. The number of rotatable bonds is 3. The van der Waals surface area contributed by atoms with Crippen LogP contribution in [-0.4, -0.2) is 20.3 Å². The lowest BCUT2D eigenvalue weighted by Gasteiger charge is -2.14. The largest absolute Gasteiger partial charge is 0.493 e. The average Bonchev–Trinajstić information content (AvgIpc) is 2.69. The lowest BCUT2D eigenvalue weighted by molar-refractivity contribution is 0.245. The summed E-state index contributed by atoms with van der Waals surface area (Å²) < 4.78 is 10.5. The maximum Gasteiger partial charge on any atom is 0.312 e. The fraction of sp³-hybridized carbons (Fsp3) is 0.417. The van der Waals surface area contributed by atoms with Crippen LogP contribution in [-0.2, 0) is 6.42 Å². The number of methoxy groups -OCH3 is 2. The molecule has 0 aliphatic heterocycles. The number of amides is 2. The molecular formula is C12H16N2O3. The Balaban J connectivity index is 2.35. The predicted octanol–water partition coefficient (Wildman–Crippen LogP) is 1.36. The van der Waals surface area contributed by atoms with E-state index in [2.05, 4.69) is 5.32 Å². The maximum atomic E-state index is 10.9. The topological polar surface area (TPSA) is 73.6 Å². The molecule has 0 heterocycles. The first-order valence-corrected chi connectivity index (χ1v) is 5.46. The second-order valence-corrected chi connectivity index (χ2v) is 4.01. The molecule has 1 atom stereocenters. The van der Waals surface area contributed by atoms with E-state index in [1.54, 1.807) is 14.2 Å². The van der Waals surface area contributed by atoms with Crippen molar-refractivity contribution in [3.8, 4) is 11.5 Å². The number of hydrogen-bond donors (Lipinski definition) is 2. The summed E-state index contributed by atoms with van der Waals surface area (Å²) in [6.45, 7) is 0. The van der Waals surface area contributed by atoms with E-state index >= 15 is 0 Å². The third-order valence-electron chi connectivity index (χ3n) is 3.04. The Morgan fingerprint density at radius 3 is 2.59 bits per heavy atom. The van der Waals surface area contributed by atoms with Crippen LogP contribution in [0.1, 0.15) is 23.6 Å². The summed E-state index contributed by atoms with van der Waals surface area (Å²) in [5, 5.41) is 2.73. The van der Waals surface area contributed by atoms with Gasteiger partial charge in [-0.1, -0.05) is 0 Å². The van der Waals surface area contributed by atoms with Crippen molar-refractivity contribution in [2.75, 3.05) is 14.2 Å². The Morgan fingerprint density at radius 2 is 2.00 bits per heavy atom. The zero-order chi connectivity index (χ0) is 12.4. The lowest BCUT2D eigenvalue weighted by Crippen LogP contribution is -2.32. The van der Waals surface area contributed by atoms with Crippen molar-refractivity contribution < 1.29 is 14.3 Å². The summed E-state index contributed by atoms with van der Waals surface area (Å²) >= 11 is 0. The highest BCUT2D eigenvalue weighted by Crippen LogP contribution is 2.39. The standard InChI is InChI=1S/C12H16N2O3/c1-16-10-5-7-3-4-9(14-12(13)15)8(7)6-11(10)17-2/h5-6,9H,3-4H2,1-2H3,(H3,13,14,15). The molecule has 2 amide bonds. The smallest absolute Gasteiger partial charge is 0.312 e. The van der Waals surface area contributed by atoms with Gasteiger partial charge in [-0.25, -0.2) is 4.79 Å². The average molecular weight is 236 g/mol. The van der Waals surface area contributed by atoms with Gasteiger partial charge in [0.05, 0.1) is 20.3 Å². The number of hydrogen-bond acceptors (Lipinski definition) is 3. The van der Waals surface area contributed by atoms with Crippen LogP contribution in [0.4, 0.5) is 4.79 Å². The number of aryl methyl sites for hydroxylation is 1. The van der Waals surface area contributed by atoms with Gasteiger partial charge < -0.3 is 20.5 Å². The molecule has 0 aromatic heterocycles. The molecule has 5 nitrogen and oxygen atoms in total. The van der Waals surface area contributed by atoms with Gasteiger partial charge in [0.15, 0.2) is 11.5 Å². The summed E-state index contributed by atoms with van der Waals surface area (Å²) in [5.41, 5.74) is 7.37. The van der Waals surface area contributed by atoms with E-state index in [-0.39, 0.29) is 6.04 Å². The van der Waals surface area contributed by atoms with E-state index in [1.807, 2.05) is 12.1 Å². The molecule has 3 N–H and O–H groups in total. The summed E-state index contributed by atoms with van der Waals surface area (Å²) in [4.78, 5) is 10.9. The first-order valence-electron chi connectivity index (χ1n) is 5.46. The van der Waals surface area contributed by atoms with E-state index in [4.69, 9.17) is 15.2 Å². The lowest BCUT2D eigenvalue weighted by atomic mass is 10.1. The molecule has 0 spiro atoms. The number of nitrogens with one attached hydrogen (secondary N) is 1. The van der Waals surface area contributed by atoms with Gasteiger partial charge in [-0.2, -0.15) is 0 Å². The SMILES string of the molecule is COc1cc2c(cc1OC)C(NC(N)=O)CC2. The fourth-order valence-electron chi connectivity index (χ4n) is 2.25. The van der Waals surface area contributed by atoms with Crippen LogP contribution in [0.15, 0.2) is 12.1 Å². The third-order valence-corrected chi connectivity index (χ3v) is 3.04. The van der Waals surface area contributed by atoms with Crippen molar-refractivity contribution in [3.63, 3.8) is 0 Å². The minimum atomic E-state index is -0.502. The van der Waals surface area contributed by atoms with Crippen LogP contribution in [0, 0.1) is 0 Å². The van der Waals surface area contributed by atoms with Gasteiger partial charge in [-0.05, 0) is 36.1 Å². The number of nitrogens with two attached hydrogens (primary N) is 1. The highest BCUT2D eigenvalue weighted by Gasteiger charge is 2.25. The van der Waals surface area contributed by atoms with Crippen molar-refractivity contribution >= 4 is 6.03 Å². The Bertz CT molecular complexity index is 446. The highest BCUT2D eigenvalue weighted by atomic mass is 16.5. The van der Waals surface area contributed by atoms with Gasteiger partial charge in [0.25, 0.3) is 0 Å². The van der Waals surface area contributed by atoms with Crippen LogP contribution < -0.4 is 20.5 Å². The number of fused-ring (bicyclic) bond motifs is 1. The maximum absolute atomic E-state index is 10.9. The molecular weight excluding hydrogens is 220 g/mol. The predicted molar refractivity (Wildman–Crippen MR) is 63.3 cm³/mol. The minimum absolute atomic E-state index is 0.0256. The van der Waals surface area contributed by atoms with E-state index in [0.29, 0.717) is 11.5 Å². The molecule has 0 saturated heterocycles. The fourth-order valence-corrected chi connectivity index (χ4v) is 2.25. The summed E-state index contributed by atoms with van der Waals surface area (Å²) in [7, 11) is 3.20. The molecule has 0 fully saturated rings. The molecule has 1 aromatic carbocycles. The van der Waals surface area contributed by atoms with Gasteiger partial charge in [-0.15, -0.1) is 0 Å². The van der Waals surface area contributed by atoms with Crippen molar-refractivity contribution in [2.24, 2.45) is 5.73 Å². The van der Waals surface area contributed by atoms with Crippen molar-refractivity contribution in [1.29, 1.82) is 0 Å². The van der Waals surface area contributed by atoms with Gasteiger partial charge in [0, 0.05) is 0 Å². The molecule has 2 rings (SSSR count). The Kier molecular flexibility index (Phi) is 3.08. The number of benzene rings is 1. The third kappa shape index (κ3) is 2.13. The van der Waals surface area contributed by atoms with E-state index < -0.39 is 6.03 Å². The second-order valence-electron chi connectivity index (χ2n) is 4.01. The van der Waals surface area contributed by atoms with Gasteiger partial charge >= 0.3 is 6.03 Å². The van der Waals surface area contributed by atoms with Gasteiger partial charge in [0.2, 0.25) is 0 Å². The molecule has 1 aromatic rings. The number of primary amides is 1. The Labute approximate surface area is 99.9 Å². The Hall–Kier alpha value is -1.91. The first-order chi connectivity index (χ1) is 8.15.